The van der Waals surface area contributed by atoms with Crippen LogP contribution in [0.1, 0.15) is 36.2 Å². The number of imidazole rings is 1. The first kappa shape index (κ1) is 24.6. The Kier molecular flexibility index (Phi) is 11.2. The Hall–Kier alpha value is -1.65. The van der Waals surface area contributed by atoms with Crippen LogP contribution in [0.5, 0.6) is 0 Å². The average molecular weight is 527 g/mol. The second-order valence-electron chi connectivity index (χ2n) is 7.34. The Balaban J connectivity index is 0.00000320. The summed E-state index contributed by atoms with van der Waals surface area (Å²) in [5, 5.41) is 6.72. The van der Waals surface area contributed by atoms with Gasteiger partial charge in [-0.3, -0.25) is 4.99 Å². The van der Waals surface area contributed by atoms with E-state index in [0.717, 1.165) is 63.9 Å². The molecule has 0 bridgehead atoms. The molecule has 30 heavy (non-hydrogen) atoms. The number of benzene rings is 1. The van der Waals surface area contributed by atoms with Crippen LogP contribution in [0.3, 0.4) is 0 Å². The Morgan fingerprint density at radius 2 is 2.20 bits per heavy atom. The topological polar surface area (TPSA) is 72.7 Å². The molecule has 1 aliphatic rings. The van der Waals surface area contributed by atoms with Gasteiger partial charge in [0.2, 0.25) is 0 Å². The van der Waals surface area contributed by atoms with Gasteiger partial charge in [0.1, 0.15) is 5.82 Å². The molecule has 1 aliphatic heterocycles. The highest BCUT2D eigenvalue weighted by Gasteiger charge is 2.14. The van der Waals surface area contributed by atoms with E-state index in [-0.39, 0.29) is 24.0 Å². The number of hydrogen-bond acceptors (Lipinski definition) is 4. The summed E-state index contributed by atoms with van der Waals surface area (Å²) in [5.74, 6) is 1.83. The van der Waals surface area contributed by atoms with Gasteiger partial charge >= 0.3 is 0 Å². The Bertz CT molecular complexity index is 774. The van der Waals surface area contributed by atoms with E-state index in [0.29, 0.717) is 12.7 Å². The number of aromatic nitrogens is 2. The summed E-state index contributed by atoms with van der Waals surface area (Å²) in [6.07, 6.45) is 7.36. The number of aryl methyl sites for hydroxylation is 1. The molecule has 3 rings (SSSR count). The van der Waals surface area contributed by atoms with Gasteiger partial charge in [-0.2, -0.15) is 0 Å². The van der Waals surface area contributed by atoms with E-state index < -0.39 is 0 Å². The number of aliphatic imine (C=N–C) groups is 1. The van der Waals surface area contributed by atoms with Crippen LogP contribution in [0.25, 0.3) is 0 Å². The zero-order chi connectivity index (χ0) is 20.3. The summed E-state index contributed by atoms with van der Waals surface area (Å²) in [5.41, 5.74) is 2.49. The van der Waals surface area contributed by atoms with E-state index in [1.165, 1.54) is 11.1 Å². The van der Waals surface area contributed by atoms with Crippen LogP contribution in [0.2, 0.25) is 0 Å². The number of hydrogen-bond donors (Lipinski definition) is 2. The number of guanidine groups is 1. The molecule has 8 heteroatoms. The highest BCUT2D eigenvalue weighted by Crippen LogP contribution is 2.12. The Morgan fingerprint density at radius 3 is 2.93 bits per heavy atom. The standard InChI is InChI=1S/C22H33N5O2.HI/c1-18-24-10-11-27(18)16-20-7-3-6-19(14-20)15-26-22(23-2)25-9-5-12-28-17-21-8-4-13-29-21;/h3,6-7,10-11,14,21H,4-5,8-9,12-13,15-17H2,1-2H3,(H2,23,25,26);1H. The first-order valence-corrected chi connectivity index (χ1v) is 10.4. The summed E-state index contributed by atoms with van der Waals surface area (Å²) in [6, 6.07) is 8.59. The summed E-state index contributed by atoms with van der Waals surface area (Å²) in [6.45, 7) is 6.73. The lowest BCUT2D eigenvalue weighted by Gasteiger charge is -2.13. The molecule has 0 saturated carbocycles. The maximum atomic E-state index is 5.70. The maximum absolute atomic E-state index is 5.70. The van der Waals surface area contributed by atoms with Gasteiger partial charge in [0.05, 0.1) is 12.7 Å². The minimum Gasteiger partial charge on any atom is -0.379 e. The lowest BCUT2D eigenvalue weighted by molar-refractivity contribution is 0.0168. The largest absolute Gasteiger partial charge is 0.379 e. The van der Waals surface area contributed by atoms with Gasteiger partial charge in [0, 0.05) is 52.3 Å². The van der Waals surface area contributed by atoms with Gasteiger partial charge in [-0.15, -0.1) is 24.0 Å². The van der Waals surface area contributed by atoms with Gasteiger partial charge in [-0.1, -0.05) is 24.3 Å². The number of halogens is 1. The zero-order valence-corrected chi connectivity index (χ0v) is 20.3. The van der Waals surface area contributed by atoms with Crippen LogP contribution in [-0.4, -0.2) is 55.0 Å². The second kappa shape index (κ2) is 13.6. The van der Waals surface area contributed by atoms with Crippen molar-refractivity contribution in [3.63, 3.8) is 0 Å². The van der Waals surface area contributed by atoms with Crippen molar-refractivity contribution in [2.75, 3.05) is 33.4 Å². The molecule has 1 unspecified atom stereocenters. The molecule has 0 radical (unpaired) electrons. The van der Waals surface area contributed by atoms with Gasteiger partial charge < -0.3 is 24.7 Å². The molecule has 1 aromatic carbocycles. The number of nitrogens with one attached hydrogen (secondary N) is 2. The van der Waals surface area contributed by atoms with Crippen molar-refractivity contribution < 1.29 is 9.47 Å². The van der Waals surface area contributed by atoms with Gasteiger partial charge in [-0.25, -0.2) is 4.98 Å². The number of nitrogens with zero attached hydrogens (tertiary/aromatic N) is 3. The third-order valence-corrected chi connectivity index (χ3v) is 5.04. The third kappa shape index (κ3) is 8.23. The minimum atomic E-state index is 0. The molecule has 166 valence electrons. The first-order valence-electron chi connectivity index (χ1n) is 10.4. The van der Waals surface area contributed by atoms with Crippen LogP contribution in [0.15, 0.2) is 41.7 Å². The summed E-state index contributed by atoms with van der Waals surface area (Å²) >= 11 is 0. The number of ether oxygens (including phenoxy) is 2. The molecule has 7 nitrogen and oxygen atoms in total. The van der Waals surface area contributed by atoms with Crippen LogP contribution >= 0.6 is 24.0 Å². The predicted octanol–water partition coefficient (Wildman–Crippen LogP) is 3.11. The van der Waals surface area contributed by atoms with E-state index in [1.807, 2.05) is 19.3 Å². The van der Waals surface area contributed by atoms with E-state index in [1.54, 1.807) is 7.05 Å². The van der Waals surface area contributed by atoms with Gasteiger partial charge in [0.15, 0.2) is 5.96 Å². The quantitative estimate of drug-likeness (QED) is 0.215. The fourth-order valence-electron chi connectivity index (χ4n) is 3.38. The van der Waals surface area contributed by atoms with Gasteiger partial charge in [-0.05, 0) is 37.3 Å². The molecule has 1 aromatic heterocycles. The fourth-order valence-corrected chi connectivity index (χ4v) is 3.38. The lowest BCUT2D eigenvalue weighted by Crippen LogP contribution is -2.37. The molecular weight excluding hydrogens is 493 g/mol. The van der Waals surface area contributed by atoms with E-state index >= 15 is 0 Å². The van der Waals surface area contributed by atoms with Crippen LogP contribution in [0.4, 0.5) is 0 Å². The molecule has 0 spiro atoms. The first-order chi connectivity index (χ1) is 14.2. The van der Waals surface area contributed by atoms with Crippen LogP contribution in [0, 0.1) is 6.92 Å². The predicted molar refractivity (Wildman–Crippen MR) is 131 cm³/mol. The maximum Gasteiger partial charge on any atom is 0.191 e. The molecule has 1 fully saturated rings. The zero-order valence-electron chi connectivity index (χ0n) is 18.0. The van der Waals surface area contributed by atoms with Crippen molar-refractivity contribution >= 4 is 29.9 Å². The molecular formula is C22H34IN5O2. The highest BCUT2D eigenvalue weighted by molar-refractivity contribution is 14.0. The van der Waals surface area contributed by atoms with Crippen molar-refractivity contribution in [2.24, 2.45) is 4.99 Å². The van der Waals surface area contributed by atoms with E-state index in [2.05, 4.69) is 49.4 Å². The monoisotopic (exact) mass is 527 g/mol. The molecule has 2 N–H and O–H groups in total. The molecule has 0 amide bonds. The minimum absolute atomic E-state index is 0. The van der Waals surface area contributed by atoms with Crippen LogP contribution < -0.4 is 10.6 Å². The number of rotatable bonds is 10. The second-order valence-corrected chi connectivity index (χ2v) is 7.34. The van der Waals surface area contributed by atoms with Crippen molar-refractivity contribution in [3.8, 4) is 0 Å². The lowest BCUT2D eigenvalue weighted by atomic mass is 10.1. The van der Waals surface area contributed by atoms with Crippen molar-refractivity contribution in [1.82, 2.24) is 20.2 Å². The Morgan fingerprint density at radius 1 is 1.33 bits per heavy atom. The summed E-state index contributed by atoms with van der Waals surface area (Å²) in [4.78, 5) is 8.58. The van der Waals surface area contributed by atoms with Crippen molar-refractivity contribution in [1.29, 1.82) is 0 Å². The van der Waals surface area contributed by atoms with E-state index in [4.69, 9.17) is 9.47 Å². The van der Waals surface area contributed by atoms with E-state index in [9.17, 15) is 0 Å². The molecule has 2 heterocycles. The molecule has 2 aromatic rings. The summed E-state index contributed by atoms with van der Waals surface area (Å²) < 4.78 is 13.4. The van der Waals surface area contributed by atoms with Gasteiger partial charge in [0.25, 0.3) is 0 Å². The molecule has 0 aliphatic carbocycles. The Labute approximate surface area is 196 Å². The summed E-state index contributed by atoms with van der Waals surface area (Å²) in [7, 11) is 1.79. The normalized spacial score (nSPS) is 16.3. The van der Waals surface area contributed by atoms with Crippen LogP contribution in [-0.2, 0) is 22.6 Å². The fraction of sp³-hybridized carbons (Fsp3) is 0.545. The molecule has 1 saturated heterocycles. The highest BCUT2D eigenvalue weighted by atomic mass is 127. The third-order valence-electron chi connectivity index (χ3n) is 5.04. The average Bonchev–Trinajstić information content (AvgIpc) is 3.39. The van der Waals surface area contributed by atoms with Crippen molar-refractivity contribution in [3.05, 3.63) is 53.6 Å². The SMILES string of the molecule is CN=C(NCCCOCC1CCCO1)NCc1cccc(Cn2ccnc2C)c1.I. The van der Waals surface area contributed by atoms with Crippen molar-refractivity contribution in [2.45, 2.75) is 45.4 Å². The molecule has 1 atom stereocenters. The smallest absolute Gasteiger partial charge is 0.191 e.